The minimum Gasteiger partial charge on any atom is -0.462 e. The summed E-state index contributed by atoms with van der Waals surface area (Å²) in [7, 11) is 0. The maximum absolute atomic E-state index is 12.9. The maximum Gasteiger partial charge on any atom is 0.306 e. The predicted molar refractivity (Wildman–Crippen MR) is 352 cm³/mol. The number of hydrogen-bond acceptors (Lipinski definition) is 6. The number of carbonyl (C=O) groups excluding carboxylic acids is 3. The normalized spacial score (nSPS) is 13.2. The predicted octanol–water partition coefficient (Wildman–Crippen LogP) is 22.9. The number of allylic oxidation sites excluding steroid dienone is 26. The summed E-state index contributed by atoms with van der Waals surface area (Å²) in [4.78, 5) is 38.2. The molecule has 0 amide bonds. The molecule has 0 aliphatic heterocycles. The molecule has 0 heterocycles. The SMILES string of the molecule is CC/C=C\C/C=C\C/C=C\C/C=C\C/C=C\C/C=C\C/C=C\C/C=C\C/C=C\CCCCCCCCCC(=O)OCC(COC(=O)CCCCCCCCCCC)OC(=O)CCCCCCCC/C=C\C/C=C\C/C=C\C/C=C\CC. The number of ether oxygens (including phenoxy) is 3. The van der Waals surface area contributed by atoms with Gasteiger partial charge in [0.15, 0.2) is 6.10 Å². The van der Waals surface area contributed by atoms with Gasteiger partial charge in [0.25, 0.3) is 0 Å². The summed E-state index contributed by atoms with van der Waals surface area (Å²) in [6, 6.07) is 0. The summed E-state index contributed by atoms with van der Waals surface area (Å²) in [5, 5.41) is 0. The highest BCUT2D eigenvalue weighted by atomic mass is 16.6. The Morgan fingerprint density at radius 1 is 0.259 bits per heavy atom. The standard InChI is InChI=1S/C75H120O6/c1-4-7-10-13-16-19-21-23-25-27-29-30-31-32-33-34-35-36-37-38-39-40-41-42-43-44-46-47-49-51-53-56-59-62-65-68-74(77)80-71-72(70-79-73(76)67-64-61-58-55-18-15-12-9-6-3)81-75(78)69-66-63-60-57-54-52-50-48-45-28-26-24-22-20-17-14-11-8-5-2/h7-8,10-11,16-17,19-20,23-26,29-30,32-33,35-36,38-39,41-42,44-46,48,72H,4-6,9,12-15,18,21-22,27-28,31,34,37,40,43,47,49-71H2,1-3H3/b10-7-,11-8-,19-16-,20-17-,25-23-,26-24-,30-29-,33-32-,36-35-,39-38-,42-41-,46-44-,48-45-. The van der Waals surface area contributed by atoms with Crippen molar-refractivity contribution >= 4 is 17.9 Å². The lowest BCUT2D eigenvalue weighted by molar-refractivity contribution is -0.167. The van der Waals surface area contributed by atoms with Crippen LogP contribution in [-0.2, 0) is 28.6 Å². The molecule has 0 rings (SSSR count). The lowest BCUT2D eigenvalue weighted by atomic mass is 10.1. The first-order valence-electron chi connectivity index (χ1n) is 33.0. The minimum absolute atomic E-state index is 0.0907. The molecule has 0 radical (unpaired) electrons. The van der Waals surface area contributed by atoms with Crippen molar-refractivity contribution in [1.82, 2.24) is 0 Å². The fourth-order valence-corrected chi connectivity index (χ4v) is 8.66. The van der Waals surface area contributed by atoms with Crippen LogP contribution < -0.4 is 0 Å². The summed E-state index contributed by atoms with van der Waals surface area (Å²) in [5.41, 5.74) is 0. The first kappa shape index (κ1) is 76.0. The molecule has 6 nitrogen and oxygen atoms in total. The Morgan fingerprint density at radius 2 is 0.481 bits per heavy atom. The average Bonchev–Trinajstić information content (AvgIpc) is 3.47. The first-order chi connectivity index (χ1) is 40.0. The molecule has 0 aromatic rings. The second kappa shape index (κ2) is 67.5. The van der Waals surface area contributed by atoms with Gasteiger partial charge in [-0.05, 0) is 128 Å². The van der Waals surface area contributed by atoms with Crippen LogP contribution in [0.1, 0.15) is 278 Å². The van der Waals surface area contributed by atoms with E-state index in [1.807, 2.05) is 0 Å². The van der Waals surface area contributed by atoms with Gasteiger partial charge in [-0.25, -0.2) is 0 Å². The molecule has 0 aromatic carbocycles. The Morgan fingerprint density at radius 3 is 0.753 bits per heavy atom. The number of carbonyl (C=O) groups is 3. The van der Waals surface area contributed by atoms with Gasteiger partial charge in [0.1, 0.15) is 13.2 Å². The number of rotatable bonds is 58. The highest BCUT2D eigenvalue weighted by Gasteiger charge is 2.19. The molecule has 81 heavy (non-hydrogen) atoms. The fourth-order valence-electron chi connectivity index (χ4n) is 8.66. The van der Waals surface area contributed by atoms with Gasteiger partial charge in [-0.1, -0.05) is 288 Å². The molecular weight excluding hydrogens is 997 g/mol. The zero-order chi connectivity index (χ0) is 58.5. The molecule has 0 fully saturated rings. The van der Waals surface area contributed by atoms with Crippen molar-refractivity contribution in [3.8, 4) is 0 Å². The Labute approximate surface area is 499 Å². The van der Waals surface area contributed by atoms with Crippen LogP contribution in [0.3, 0.4) is 0 Å². The number of hydrogen-bond donors (Lipinski definition) is 0. The van der Waals surface area contributed by atoms with Crippen molar-refractivity contribution < 1.29 is 28.6 Å². The van der Waals surface area contributed by atoms with Crippen LogP contribution >= 0.6 is 0 Å². The molecule has 1 atom stereocenters. The Hall–Kier alpha value is -4.97. The third-order valence-corrected chi connectivity index (χ3v) is 13.5. The molecule has 0 N–H and O–H groups in total. The van der Waals surface area contributed by atoms with Gasteiger partial charge in [-0.3, -0.25) is 14.4 Å². The largest absolute Gasteiger partial charge is 0.462 e. The number of esters is 3. The molecule has 456 valence electrons. The van der Waals surface area contributed by atoms with Crippen LogP contribution in [-0.4, -0.2) is 37.2 Å². The maximum atomic E-state index is 12.9. The van der Waals surface area contributed by atoms with E-state index in [4.69, 9.17) is 14.2 Å². The minimum atomic E-state index is -0.795. The molecule has 6 heteroatoms. The van der Waals surface area contributed by atoms with Crippen molar-refractivity contribution in [1.29, 1.82) is 0 Å². The van der Waals surface area contributed by atoms with Gasteiger partial charge >= 0.3 is 17.9 Å². The third kappa shape index (κ3) is 65.7. The lowest BCUT2D eigenvalue weighted by Crippen LogP contribution is -2.30. The lowest BCUT2D eigenvalue weighted by Gasteiger charge is -2.18. The molecule has 0 spiro atoms. The van der Waals surface area contributed by atoms with Gasteiger partial charge in [0.2, 0.25) is 0 Å². The van der Waals surface area contributed by atoms with Gasteiger partial charge < -0.3 is 14.2 Å². The van der Waals surface area contributed by atoms with E-state index < -0.39 is 6.10 Å². The number of unbranched alkanes of at least 4 members (excludes halogenated alkanes) is 21. The summed E-state index contributed by atoms with van der Waals surface area (Å²) >= 11 is 0. The van der Waals surface area contributed by atoms with E-state index in [2.05, 4.69) is 179 Å². The van der Waals surface area contributed by atoms with Crippen LogP contribution in [0.4, 0.5) is 0 Å². The van der Waals surface area contributed by atoms with Crippen molar-refractivity contribution in [3.63, 3.8) is 0 Å². The van der Waals surface area contributed by atoms with Crippen LogP contribution in [0.2, 0.25) is 0 Å². The van der Waals surface area contributed by atoms with Gasteiger partial charge in [0, 0.05) is 19.3 Å². The van der Waals surface area contributed by atoms with Crippen LogP contribution in [0.15, 0.2) is 158 Å². The topological polar surface area (TPSA) is 78.9 Å². The van der Waals surface area contributed by atoms with E-state index in [0.717, 1.165) is 161 Å². The molecule has 0 bridgehead atoms. The van der Waals surface area contributed by atoms with Crippen molar-refractivity contribution in [2.75, 3.05) is 13.2 Å². The molecule has 0 aliphatic carbocycles. The average molecular weight is 1120 g/mol. The van der Waals surface area contributed by atoms with Gasteiger partial charge in [0.05, 0.1) is 0 Å². The van der Waals surface area contributed by atoms with E-state index in [0.29, 0.717) is 19.3 Å². The van der Waals surface area contributed by atoms with Crippen molar-refractivity contribution in [3.05, 3.63) is 158 Å². The van der Waals surface area contributed by atoms with Crippen LogP contribution in [0.25, 0.3) is 0 Å². The molecule has 0 aliphatic rings. The summed E-state index contributed by atoms with van der Waals surface area (Å²) in [5.74, 6) is -0.921. The monoisotopic (exact) mass is 1120 g/mol. The van der Waals surface area contributed by atoms with Crippen LogP contribution in [0.5, 0.6) is 0 Å². The van der Waals surface area contributed by atoms with Gasteiger partial charge in [-0.15, -0.1) is 0 Å². The fraction of sp³-hybridized carbons (Fsp3) is 0.613. The highest BCUT2D eigenvalue weighted by Crippen LogP contribution is 2.15. The van der Waals surface area contributed by atoms with E-state index in [1.165, 1.54) is 77.0 Å². The molecular formula is C75H120O6. The van der Waals surface area contributed by atoms with E-state index in [-0.39, 0.29) is 31.1 Å². The summed E-state index contributed by atoms with van der Waals surface area (Å²) in [6.45, 7) is 6.37. The van der Waals surface area contributed by atoms with Crippen molar-refractivity contribution in [2.24, 2.45) is 0 Å². The second-order valence-electron chi connectivity index (χ2n) is 21.3. The Bertz CT molecular complexity index is 1810. The van der Waals surface area contributed by atoms with E-state index >= 15 is 0 Å². The molecule has 0 saturated carbocycles. The Kier molecular flexibility index (Phi) is 63.4. The summed E-state index contributed by atoms with van der Waals surface area (Å²) in [6.07, 6.45) is 98.3. The molecule has 0 saturated heterocycles. The third-order valence-electron chi connectivity index (χ3n) is 13.5. The smallest absolute Gasteiger partial charge is 0.306 e. The highest BCUT2D eigenvalue weighted by molar-refractivity contribution is 5.71. The van der Waals surface area contributed by atoms with E-state index in [9.17, 15) is 14.4 Å². The quantitative estimate of drug-likeness (QED) is 0.0261. The van der Waals surface area contributed by atoms with Crippen molar-refractivity contribution in [2.45, 2.75) is 284 Å². The van der Waals surface area contributed by atoms with Gasteiger partial charge in [-0.2, -0.15) is 0 Å². The Balaban J connectivity index is 4.24. The van der Waals surface area contributed by atoms with E-state index in [1.54, 1.807) is 0 Å². The van der Waals surface area contributed by atoms with Crippen LogP contribution in [0, 0.1) is 0 Å². The first-order valence-corrected chi connectivity index (χ1v) is 33.0. The second-order valence-corrected chi connectivity index (χ2v) is 21.3. The summed E-state index contributed by atoms with van der Waals surface area (Å²) < 4.78 is 16.9. The zero-order valence-corrected chi connectivity index (χ0v) is 52.2. The zero-order valence-electron chi connectivity index (χ0n) is 52.2. The molecule has 1 unspecified atom stereocenters. The molecule has 0 aromatic heterocycles.